The largest absolute Gasteiger partial charge is 0.509 e. The maximum absolute atomic E-state index is 13.1. The van der Waals surface area contributed by atoms with Gasteiger partial charge in [0.1, 0.15) is 5.76 Å². The molecule has 3 rings (SSSR count). The molecule has 1 heterocycles. The molecule has 1 aromatic carbocycles. The molecule has 3 heteroatoms. The molecule has 2 aliphatic rings. The molecule has 1 aliphatic heterocycles. The minimum absolute atomic E-state index is 0.120. The average molecular weight is 380 g/mol. The Bertz CT molecular complexity index is 820. The standard InChI is InChI=1S/C25H33NO2/c1-5-9-17-11-13-25(14-12-17)23(27)22(24(28)26-25)21-19(7-3)15-18(10-6-2)16-20(21)8-4/h15-17,27H,5,7-9,11-14H2,1-4H3,(H,26,28). The Labute approximate surface area is 169 Å². The summed E-state index contributed by atoms with van der Waals surface area (Å²) in [6, 6.07) is 4.14. The Balaban J connectivity index is 2.06. The first-order valence-corrected chi connectivity index (χ1v) is 10.8. The molecule has 1 fully saturated rings. The monoisotopic (exact) mass is 379 g/mol. The summed E-state index contributed by atoms with van der Waals surface area (Å²) in [6.45, 7) is 8.25. The first kappa shape index (κ1) is 20.5. The van der Waals surface area contributed by atoms with E-state index < -0.39 is 5.54 Å². The number of rotatable bonds is 5. The third kappa shape index (κ3) is 3.58. The number of aliphatic hydroxyl groups is 1. The van der Waals surface area contributed by atoms with E-state index in [1.165, 1.54) is 12.8 Å². The van der Waals surface area contributed by atoms with E-state index in [0.29, 0.717) is 11.5 Å². The number of carbonyl (C=O) groups excluding carboxylic acids is 1. The van der Waals surface area contributed by atoms with Crippen LogP contribution >= 0.6 is 0 Å². The number of hydrogen-bond donors (Lipinski definition) is 2. The molecule has 0 aromatic heterocycles. The van der Waals surface area contributed by atoms with Gasteiger partial charge in [-0.25, -0.2) is 0 Å². The molecule has 28 heavy (non-hydrogen) atoms. The van der Waals surface area contributed by atoms with Crippen LogP contribution in [0, 0.1) is 17.8 Å². The van der Waals surface area contributed by atoms with Crippen LogP contribution in [-0.2, 0) is 17.6 Å². The van der Waals surface area contributed by atoms with E-state index in [9.17, 15) is 9.90 Å². The molecular weight excluding hydrogens is 346 g/mol. The van der Waals surface area contributed by atoms with Crippen LogP contribution in [0.4, 0.5) is 0 Å². The highest BCUT2D eigenvalue weighted by Gasteiger charge is 2.48. The van der Waals surface area contributed by atoms with Gasteiger partial charge in [-0.2, -0.15) is 0 Å². The number of benzene rings is 1. The predicted molar refractivity (Wildman–Crippen MR) is 115 cm³/mol. The first-order chi connectivity index (χ1) is 13.5. The second-order valence-corrected chi connectivity index (χ2v) is 8.24. The van der Waals surface area contributed by atoms with Crippen LogP contribution in [0.25, 0.3) is 5.57 Å². The summed E-state index contributed by atoms with van der Waals surface area (Å²) in [5.74, 6) is 6.97. The second-order valence-electron chi connectivity index (χ2n) is 8.24. The minimum atomic E-state index is -0.561. The maximum Gasteiger partial charge on any atom is 0.256 e. The maximum atomic E-state index is 13.1. The number of hydrogen-bond acceptors (Lipinski definition) is 2. The summed E-state index contributed by atoms with van der Waals surface area (Å²) < 4.78 is 0. The molecule has 0 saturated heterocycles. The Morgan fingerprint density at radius 3 is 2.25 bits per heavy atom. The number of carbonyl (C=O) groups is 1. The van der Waals surface area contributed by atoms with Gasteiger partial charge < -0.3 is 10.4 Å². The van der Waals surface area contributed by atoms with E-state index in [-0.39, 0.29) is 11.7 Å². The fraction of sp³-hybridized carbons (Fsp3) is 0.560. The van der Waals surface area contributed by atoms with Crippen molar-refractivity contribution in [2.45, 2.75) is 84.6 Å². The van der Waals surface area contributed by atoms with Gasteiger partial charge in [-0.3, -0.25) is 4.79 Å². The zero-order valence-electron chi connectivity index (χ0n) is 17.7. The van der Waals surface area contributed by atoms with Crippen LogP contribution in [0.1, 0.15) is 88.5 Å². The Morgan fingerprint density at radius 1 is 1.14 bits per heavy atom. The fourth-order valence-corrected chi connectivity index (χ4v) is 5.01. The topological polar surface area (TPSA) is 49.3 Å². The van der Waals surface area contributed by atoms with E-state index in [1.807, 2.05) is 6.92 Å². The summed E-state index contributed by atoms with van der Waals surface area (Å²) in [5, 5.41) is 14.5. The van der Waals surface area contributed by atoms with Gasteiger partial charge in [-0.15, -0.1) is 5.92 Å². The van der Waals surface area contributed by atoms with Gasteiger partial charge >= 0.3 is 0 Å². The van der Waals surface area contributed by atoms with Crippen LogP contribution in [0.15, 0.2) is 17.9 Å². The molecule has 1 amide bonds. The molecule has 1 saturated carbocycles. The van der Waals surface area contributed by atoms with Crippen LogP contribution in [0.2, 0.25) is 0 Å². The van der Waals surface area contributed by atoms with E-state index in [1.54, 1.807) is 0 Å². The number of aliphatic hydroxyl groups excluding tert-OH is 1. The Kier molecular flexibility index (Phi) is 6.18. The van der Waals surface area contributed by atoms with Gasteiger partial charge in [0.25, 0.3) is 5.91 Å². The predicted octanol–water partition coefficient (Wildman–Crippen LogP) is 5.31. The molecular formula is C25H33NO2. The zero-order chi connectivity index (χ0) is 20.3. The van der Waals surface area contributed by atoms with Gasteiger partial charge in [0.15, 0.2) is 0 Å². The van der Waals surface area contributed by atoms with Crippen molar-refractivity contribution in [1.29, 1.82) is 0 Å². The van der Waals surface area contributed by atoms with E-state index in [0.717, 1.165) is 60.8 Å². The lowest BCUT2D eigenvalue weighted by molar-refractivity contribution is -0.116. The van der Waals surface area contributed by atoms with Crippen molar-refractivity contribution in [3.8, 4) is 11.8 Å². The van der Waals surface area contributed by atoms with Crippen molar-refractivity contribution in [1.82, 2.24) is 5.32 Å². The van der Waals surface area contributed by atoms with Crippen molar-refractivity contribution in [2.75, 3.05) is 0 Å². The summed E-state index contributed by atoms with van der Waals surface area (Å²) in [4.78, 5) is 13.1. The van der Waals surface area contributed by atoms with E-state index in [2.05, 4.69) is 50.1 Å². The SMILES string of the molecule is CC#Cc1cc(CC)c(C2=C(O)C3(CCC(CCC)CC3)NC2=O)c(CC)c1. The lowest BCUT2D eigenvalue weighted by Gasteiger charge is -2.37. The van der Waals surface area contributed by atoms with Gasteiger partial charge in [0, 0.05) is 5.56 Å². The summed E-state index contributed by atoms with van der Waals surface area (Å²) >= 11 is 0. The lowest BCUT2D eigenvalue weighted by Crippen LogP contribution is -2.47. The van der Waals surface area contributed by atoms with Crippen molar-refractivity contribution >= 4 is 11.5 Å². The molecule has 2 N–H and O–H groups in total. The second kappa shape index (κ2) is 8.43. The third-order valence-corrected chi connectivity index (χ3v) is 6.51. The zero-order valence-corrected chi connectivity index (χ0v) is 17.7. The Morgan fingerprint density at radius 2 is 1.75 bits per heavy atom. The Hall–Kier alpha value is -2.21. The minimum Gasteiger partial charge on any atom is -0.509 e. The molecule has 0 bridgehead atoms. The van der Waals surface area contributed by atoms with Gasteiger partial charge in [-0.1, -0.05) is 39.5 Å². The van der Waals surface area contributed by atoms with Crippen LogP contribution in [-0.4, -0.2) is 16.6 Å². The summed E-state index contributed by atoms with van der Waals surface area (Å²) in [6.07, 6.45) is 7.84. The summed E-state index contributed by atoms with van der Waals surface area (Å²) in [7, 11) is 0. The van der Waals surface area contributed by atoms with Gasteiger partial charge in [0.2, 0.25) is 0 Å². The van der Waals surface area contributed by atoms with Gasteiger partial charge in [0.05, 0.1) is 11.1 Å². The molecule has 0 atom stereocenters. The average Bonchev–Trinajstić information content (AvgIpc) is 2.93. The van der Waals surface area contributed by atoms with Gasteiger partial charge in [-0.05, 0) is 80.2 Å². The molecule has 1 aliphatic carbocycles. The van der Waals surface area contributed by atoms with Crippen LogP contribution in [0.5, 0.6) is 0 Å². The highest BCUT2D eigenvalue weighted by Crippen LogP contribution is 2.45. The summed E-state index contributed by atoms with van der Waals surface area (Å²) in [5.41, 5.74) is 4.02. The number of nitrogens with one attached hydrogen (secondary N) is 1. The first-order valence-electron chi connectivity index (χ1n) is 10.8. The highest BCUT2D eigenvalue weighted by atomic mass is 16.3. The lowest BCUT2D eigenvalue weighted by atomic mass is 9.74. The highest BCUT2D eigenvalue weighted by molar-refractivity contribution is 6.24. The van der Waals surface area contributed by atoms with Crippen LogP contribution < -0.4 is 5.32 Å². The smallest absolute Gasteiger partial charge is 0.256 e. The molecule has 1 spiro atoms. The molecule has 0 radical (unpaired) electrons. The molecule has 1 aromatic rings. The quantitative estimate of drug-likeness (QED) is 0.681. The third-order valence-electron chi connectivity index (χ3n) is 6.51. The van der Waals surface area contributed by atoms with Crippen LogP contribution in [0.3, 0.4) is 0 Å². The molecule has 0 unspecified atom stereocenters. The van der Waals surface area contributed by atoms with E-state index in [4.69, 9.17) is 0 Å². The number of aryl methyl sites for hydroxylation is 2. The molecule has 150 valence electrons. The van der Waals surface area contributed by atoms with Crippen molar-refractivity contribution < 1.29 is 9.90 Å². The number of amides is 1. The van der Waals surface area contributed by atoms with E-state index >= 15 is 0 Å². The van der Waals surface area contributed by atoms with Crippen molar-refractivity contribution in [3.63, 3.8) is 0 Å². The van der Waals surface area contributed by atoms with Crippen molar-refractivity contribution in [2.24, 2.45) is 5.92 Å². The van der Waals surface area contributed by atoms with Crippen molar-refractivity contribution in [3.05, 3.63) is 40.1 Å². The molecule has 3 nitrogen and oxygen atoms in total. The normalized spacial score (nSPS) is 24.3. The fourth-order valence-electron chi connectivity index (χ4n) is 5.01.